The van der Waals surface area contributed by atoms with Crippen LogP contribution >= 0.6 is 0 Å². The zero-order chi connectivity index (χ0) is 23.1. The van der Waals surface area contributed by atoms with Gasteiger partial charge in [0.2, 0.25) is 17.7 Å². The summed E-state index contributed by atoms with van der Waals surface area (Å²) in [5, 5.41) is 10.5. The topological polar surface area (TPSA) is 114 Å². The summed E-state index contributed by atoms with van der Waals surface area (Å²) in [6, 6.07) is 6.84. The summed E-state index contributed by atoms with van der Waals surface area (Å²) in [5.41, 5.74) is 1.31. The monoisotopic (exact) mass is 452 g/mol. The maximum absolute atomic E-state index is 13.3. The van der Waals surface area contributed by atoms with E-state index in [9.17, 15) is 24.3 Å². The lowest BCUT2D eigenvalue weighted by Gasteiger charge is -2.47. The molecule has 0 radical (unpaired) electrons. The molecule has 9 nitrogen and oxygen atoms in total. The van der Waals surface area contributed by atoms with Gasteiger partial charge in [-0.05, 0) is 49.4 Å². The Morgan fingerprint density at radius 3 is 2.64 bits per heavy atom. The number of aromatic amines is 1. The number of likely N-dealkylation sites (tertiary alicyclic amines) is 3. The first kappa shape index (κ1) is 21.5. The van der Waals surface area contributed by atoms with Gasteiger partial charge in [0.05, 0.1) is 0 Å². The third-order valence-corrected chi connectivity index (χ3v) is 7.22. The molecular formula is C24H28N4O5. The highest BCUT2D eigenvalue weighted by atomic mass is 16.3. The first-order chi connectivity index (χ1) is 15.9. The summed E-state index contributed by atoms with van der Waals surface area (Å²) in [6.07, 6.45) is 3.18. The second-order valence-electron chi connectivity index (χ2n) is 9.24. The summed E-state index contributed by atoms with van der Waals surface area (Å²) >= 11 is 0. The van der Waals surface area contributed by atoms with E-state index in [1.165, 1.54) is 4.90 Å². The number of H-pyrrole nitrogens is 1. The van der Waals surface area contributed by atoms with Gasteiger partial charge in [0.15, 0.2) is 0 Å². The van der Waals surface area contributed by atoms with E-state index in [2.05, 4.69) is 4.98 Å². The number of amides is 4. The zero-order valence-corrected chi connectivity index (χ0v) is 18.5. The molecule has 4 amide bonds. The van der Waals surface area contributed by atoms with E-state index in [4.69, 9.17) is 0 Å². The SMILES string of the molecule is O=C(CCN1C(=O)CCC1=O)N1CC[C@H]2[C@H](CCCN2C(=O)c2cc3cc(O)ccc3[nH]2)C1. The van der Waals surface area contributed by atoms with Crippen LogP contribution in [0.2, 0.25) is 0 Å². The number of hydrogen-bond donors (Lipinski definition) is 2. The number of carbonyl (C=O) groups is 4. The summed E-state index contributed by atoms with van der Waals surface area (Å²) in [4.78, 5) is 57.8. The molecule has 3 saturated heterocycles. The molecule has 2 aromatic rings. The Kier molecular flexibility index (Phi) is 5.55. The van der Waals surface area contributed by atoms with Crippen molar-refractivity contribution in [2.75, 3.05) is 26.2 Å². The van der Waals surface area contributed by atoms with Crippen molar-refractivity contribution in [3.8, 4) is 5.75 Å². The second kappa shape index (κ2) is 8.53. The van der Waals surface area contributed by atoms with E-state index in [1.54, 1.807) is 24.3 Å². The number of fused-ring (bicyclic) bond motifs is 2. The maximum atomic E-state index is 13.3. The fourth-order valence-corrected chi connectivity index (χ4v) is 5.51. The van der Waals surface area contributed by atoms with Gasteiger partial charge < -0.3 is 19.9 Å². The number of hydrogen-bond acceptors (Lipinski definition) is 5. The lowest BCUT2D eigenvalue weighted by molar-refractivity contribution is -0.140. The molecule has 0 unspecified atom stereocenters. The Labute approximate surface area is 191 Å². The van der Waals surface area contributed by atoms with Crippen LogP contribution < -0.4 is 0 Å². The number of rotatable bonds is 4. The number of nitrogens with zero attached hydrogens (tertiary/aromatic N) is 3. The standard InChI is InChI=1S/C24H28N4O5/c29-17-3-4-18-16(12-17)13-19(25-18)24(33)27-9-1-2-15-14-26(10-7-20(15)27)21(30)8-11-28-22(31)5-6-23(28)32/h3-4,12-13,15,20,25,29H,1-2,5-11,14H2/t15-,20+/m1/s1. The Morgan fingerprint density at radius 2 is 1.85 bits per heavy atom. The molecule has 2 atom stereocenters. The Morgan fingerprint density at radius 1 is 1.06 bits per heavy atom. The van der Waals surface area contributed by atoms with Gasteiger partial charge in [-0.25, -0.2) is 0 Å². The fourth-order valence-electron chi connectivity index (χ4n) is 5.51. The summed E-state index contributed by atoms with van der Waals surface area (Å²) in [6.45, 7) is 2.00. The number of piperidine rings is 2. The molecule has 1 aromatic carbocycles. The van der Waals surface area contributed by atoms with Gasteiger partial charge in [-0.3, -0.25) is 24.1 Å². The fraction of sp³-hybridized carbons (Fsp3) is 0.500. The molecule has 0 aliphatic carbocycles. The molecule has 5 rings (SSSR count). The number of benzene rings is 1. The third-order valence-electron chi connectivity index (χ3n) is 7.22. The number of phenolic OH excluding ortho intramolecular Hbond substituents is 1. The van der Waals surface area contributed by atoms with Gasteiger partial charge in [0, 0.05) is 62.4 Å². The van der Waals surface area contributed by atoms with Crippen molar-refractivity contribution < 1.29 is 24.3 Å². The van der Waals surface area contributed by atoms with Crippen molar-refractivity contribution in [1.82, 2.24) is 19.7 Å². The van der Waals surface area contributed by atoms with Gasteiger partial charge in [-0.2, -0.15) is 0 Å². The molecule has 0 spiro atoms. The number of aromatic nitrogens is 1. The Balaban J connectivity index is 1.22. The molecule has 1 aromatic heterocycles. The molecule has 3 aliphatic rings. The summed E-state index contributed by atoms with van der Waals surface area (Å²) < 4.78 is 0. The Hall–Kier alpha value is -3.36. The van der Waals surface area contributed by atoms with Gasteiger partial charge in [0.1, 0.15) is 11.4 Å². The van der Waals surface area contributed by atoms with Gasteiger partial charge in [0.25, 0.3) is 5.91 Å². The van der Waals surface area contributed by atoms with Crippen LogP contribution in [0.3, 0.4) is 0 Å². The summed E-state index contributed by atoms with van der Waals surface area (Å²) in [7, 11) is 0. The van der Waals surface area contributed by atoms with Crippen molar-refractivity contribution >= 4 is 34.5 Å². The van der Waals surface area contributed by atoms with Crippen LogP contribution in [0.25, 0.3) is 10.9 Å². The number of phenols is 1. The van der Waals surface area contributed by atoms with Crippen molar-refractivity contribution in [1.29, 1.82) is 0 Å². The van der Waals surface area contributed by atoms with E-state index in [-0.39, 0.29) is 67.1 Å². The maximum Gasteiger partial charge on any atom is 0.270 e. The van der Waals surface area contributed by atoms with Crippen LogP contribution in [0.15, 0.2) is 24.3 Å². The molecule has 3 aliphatic heterocycles. The molecule has 4 heterocycles. The van der Waals surface area contributed by atoms with E-state index >= 15 is 0 Å². The van der Waals surface area contributed by atoms with Crippen molar-refractivity contribution in [3.63, 3.8) is 0 Å². The van der Waals surface area contributed by atoms with Crippen LogP contribution in [0.1, 0.15) is 49.0 Å². The van der Waals surface area contributed by atoms with Crippen LogP contribution in [0.4, 0.5) is 0 Å². The smallest absolute Gasteiger partial charge is 0.270 e. The predicted molar refractivity (Wildman–Crippen MR) is 119 cm³/mol. The normalized spacial score (nSPS) is 23.3. The zero-order valence-electron chi connectivity index (χ0n) is 18.5. The highest BCUT2D eigenvalue weighted by Gasteiger charge is 2.40. The highest BCUT2D eigenvalue weighted by molar-refractivity contribution is 6.02. The Bertz CT molecular complexity index is 1110. The molecule has 33 heavy (non-hydrogen) atoms. The molecule has 3 fully saturated rings. The van der Waals surface area contributed by atoms with Crippen LogP contribution in [0, 0.1) is 5.92 Å². The lowest BCUT2D eigenvalue weighted by Crippen LogP contribution is -2.56. The minimum absolute atomic E-state index is 0.0418. The second-order valence-corrected chi connectivity index (χ2v) is 9.24. The van der Waals surface area contributed by atoms with E-state index in [0.29, 0.717) is 31.7 Å². The molecule has 9 heteroatoms. The number of carbonyl (C=O) groups excluding carboxylic acids is 4. The number of nitrogens with one attached hydrogen (secondary N) is 1. The predicted octanol–water partition coefficient (Wildman–Crippen LogP) is 1.87. The molecule has 0 bridgehead atoms. The van der Waals surface area contributed by atoms with Crippen LogP contribution in [-0.2, 0) is 14.4 Å². The number of imide groups is 1. The minimum atomic E-state index is -0.194. The average Bonchev–Trinajstić information content (AvgIpc) is 3.38. The first-order valence-electron chi connectivity index (χ1n) is 11.6. The van der Waals surface area contributed by atoms with Crippen molar-refractivity contribution in [2.45, 2.75) is 44.6 Å². The highest BCUT2D eigenvalue weighted by Crippen LogP contribution is 2.32. The first-order valence-corrected chi connectivity index (χ1v) is 11.6. The summed E-state index contributed by atoms with van der Waals surface area (Å²) in [5.74, 6) is -0.107. The molecule has 2 N–H and O–H groups in total. The van der Waals surface area contributed by atoms with E-state index in [0.717, 1.165) is 23.7 Å². The molecule has 0 saturated carbocycles. The number of aromatic hydroxyl groups is 1. The van der Waals surface area contributed by atoms with E-state index in [1.807, 2.05) is 9.80 Å². The average molecular weight is 453 g/mol. The van der Waals surface area contributed by atoms with Gasteiger partial charge in [-0.15, -0.1) is 0 Å². The molecular weight excluding hydrogens is 424 g/mol. The van der Waals surface area contributed by atoms with Crippen LogP contribution in [-0.4, -0.2) is 80.6 Å². The van der Waals surface area contributed by atoms with Crippen LogP contribution in [0.5, 0.6) is 5.75 Å². The van der Waals surface area contributed by atoms with Crippen molar-refractivity contribution in [2.24, 2.45) is 5.92 Å². The third kappa shape index (κ3) is 4.07. The molecule has 174 valence electrons. The lowest BCUT2D eigenvalue weighted by atomic mass is 9.83. The minimum Gasteiger partial charge on any atom is -0.508 e. The van der Waals surface area contributed by atoms with Gasteiger partial charge >= 0.3 is 0 Å². The van der Waals surface area contributed by atoms with Gasteiger partial charge in [-0.1, -0.05) is 0 Å². The van der Waals surface area contributed by atoms with Crippen molar-refractivity contribution in [3.05, 3.63) is 30.0 Å². The largest absolute Gasteiger partial charge is 0.508 e. The van der Waals surface area contributed by atoms with E-state index < -0.39 is 0 Å². The quantitative estimate of drug-likeness (QED) is 0.688.